The van der Waals surface area contributed by atoms with Gasteiger partial charge in [0, 0.05) is 19.0 Å². The van der Waals surface area contributed by atoms with Crippen LogP contribution in [0.3, 0.4) is 0 Å². The maximum Gasteiger partial charge on any atom is 0.248 e. The topological polar surface area (TPSA) is 49.4 Å². The van der Waals surface area contributed by atoms with Crippen LogP contribution in [0, 0.1) is 0 Å². The quantitative estimate of drug-likeness (QED) is 0.918. The minimum Gasteiger partial charge on any atom is -0.342 e. The lowest BCUT2D eigenvalue weighted by Gasteiger charge is -2.32. The van der Waals surface area contributed by atoms with E-state index in [0.29, 0.717) is 13.0 Å². The third kappa shape index (κ3) is 3.15. The summed E-state index contributed by atoms with van der Waals surface area (Å²) in [6, 6.07) is 2.03. The standard InChI is InChI=1S/C14H20N2O2S/c1-10-8-12(17)15-14(2,3)13(18)16(10)6-4-11-5-7-19-9-11/h5,7,9-10H,4,6,8H2,1-3H3,(H,15,17). The Hall–Kier alpha value is -1.36. The summed E-state index contributed by atoms with van der Waals surface area (Å²) in [4.78, 5) is 26.1. The Morgan fingerprint density at radius 3 is 2.84 bits per heavy atom. The molecule has 1 aliphatic heterocycles. The number of carbonyl (C=O) groups excluding carboxylic acids is 2. The SMILES string of the molecule is CC1CC(=O)NC(C)(C)C(=O)N1CCc1ccsc1. The van der Waals surface area contributed by atoms with Crippen LogP contribution in [-0.2, 0) is 16.0 Å². The highest BCUT2D eigenvalue weighted by molar-refractivity contribution is 7.07. The van der Waals surface area contributed by atoms with Gasteiger partial charge >= 0.3 is 0 Å². The van der Waals surface area contributed by atoms with Crippen LogP contribution in [0.5, 0.6) is 0 Å². The van der Waals surface area contributed by atoms with Crippen LogP contribution in [0.2, 0.25) is 0 Å². The molecule has 0 radical (unpaired) electrons. The van der Waals surface area contributed by atoms with Crippen molar-refractivity contribution in [3.8, 4) is 0 Å². The van der Waals surface area contributed by atoms with Gasteiger partial charge in [0.15, 0.2) is 0 Å². The summed E-state index contributed by atoms with van der Waals surface area (Å²) < 4.78 is 0. The molecule has 0 aromatic carbocycles. The van der Waals surface area contributed by atoms with Crippen molar-refractivity contribution >= 4 is 23.2 Å². The van der Waals surface area contributed by atoms with Crippen molar-refractivity contribution in [2.45, 2.75) is 45.2 Å². The number of thiophene rings is 1. The Kier molecular flexibility index (Phi) is 3.94. The lowest BCUT2D eigenvalue weighted by molar-refractivity contribution is -0.138. The molecule has 19 heavy (non-hydrogen) atoms. The van der Waals surface area contributed by atoms with E-state index in [1.165, 1.54) is 5.56 Å². The second kappa shape index (κ2) is 5.33. The summed E-state index contributed by atoms with van der Waals surface area (Å²) >= 11 is 1.66. The molecule has 0 spiro atoms. The van der Waals surface area contributed by atoms with Crippen molar-refractivity contribution in [3.63, 3.8) is 0 Å². The molecule has 0 aliphatic carbocycles. The molecule has 0 bridgehead atoms. The second-order valence-electron chi connectivity index (χ2n) is 5.61. The van der Waals surface area contributed by atoms with Gasteiger partial charge in [-0.25, -0.2) is 0 Å². The van der Waals surface area contributed by atoms with Gasteiger partial charge in [-0.05, 0) is 49.6 Å². The molecule has 5 heteroatoms. The Morgan fingerprint density at radius 1 is 1.47 bits per heavy atom. The lowest BCUT2D eigenvalue weighted by Crippen LogP contribution is -2.54. The zero-order valence-corrected chi connectivity index (χ0v) is 12.4. The molecule has 4 nitrogen and oxygen atoms in total. The summed E-state index contributed by atoms with van der Waals surface area (Å²) in [5, 5.41) is 6.93. The molecule has 1 N–H and O–H groups in total. The van der Waals surface area contributed by atoms with E-state index in [1.54, 1.807) is 25.2 Å². The van der Waals surface area contributed by atoms with Crippen molar-refractivity contribution in [2.24, 2.45) is 0 Å². The van der Waals surface area contributed by atoms with E-state index in [1.807, 2.05) is 17.2 Å². The Bertz CT molecular complexity index is 468. The first kappa shape index (κ1) is 14.1. The lowest BCUT2D eigenvalue weighted by atomic mass is 10.0. The second-order valence-corrected chi connectivity index (χ2v) is 6.39. The van der Waals surface area contributed by atoms with Gasteiger partial charge in [0.1, 0.15) is 5.54 Å². The Morgan fingerprint density at radius 2 is 2.21 bits per heavy atom. The molecule has 2 amide bonds. The molecular weight excluding hydrogens is 260 g/mol. The first-order chi connectivity index (χ1) is 8.90. The summed E-state index contributed by atoms with van der Waals surface area (Å²) in [6.45, 7) is 6.13. The highest BCUT2D eigenvalue weighted by atomic mass is 32.1. The predicted molar refractivity (Wildman–Crippen MR) is 76.0 cm³/mol. The molecule has 1 aliphatic rings. The molecular formula is C14H20N2O2S. The smallest absolute Gasteiger partial charge is 0.248 e. The summed E-state index contributed by atoms with van der Waals surface area (Å²) in [7, 11) is 0. The van der Waals surface area contributed by atoms with Crippen molar-refractivity contribution < 1.29 is 9.59 Å². The van der Waals surface area contributed by atoms with Crippen LogP contribution < -0.4 is 5.32 Å². The van der Waals surface area contributed by atoms with Gasteiger partial charge in [-0.1, -0.05) is 0 Å². The largest absolute Gasteiger partial charge is 0.342 e. The van der Waals surface area contributed by atoms with Gasteiger partial charge in [-0.15, -0.1) is 0 Å². The van der Waals surface area contributed by atoms with Gasteiger partial charge in [0.2, 0.25) is 11.8 Å². The number of hydrogen-bond donors (Lipinski definition) is 1. The highest BCUT2D eigenvalue weighted by Gasteiger charge is 2.39. The monoisotopic (exact) mass is 280 g/mol. The molecule has 2 rings (SSSR count). The summed E-state index contributed by atoms with van der Waals surface area (Å²) in [5.41, 5.74) is 0.433. The molecule has 2 heterocycles. The summed E-state index contributed by atoms with van der Waals surface area (Å²) in [6.07, 6.45) is 1.21. The number of rotatable bonds is 3. The third-order valence-electron chi connectivity index (χ3n) is 3.48. The molecule has 1 saturated heterocycles. The number of hydrogen-bond acceptors (Lipinski definition) is 3. The van der Waals surface area contributed by atoms with Gasteiger partial charge < -0.3 is 10.2 Å². The maximum absolute atomic E-state index is 12.5. The Balaban J connectivity index is 2.11. The van der Waals surface area contributed by atoms with E-state index in [2.05, 4.69) is 16.8 Å². The first-order valence-electron chi connectivity index (χ1n) is 6.53. The molecule has 104 valence electrons. The van der Waals surface area contributed by atoms with Crippen molar-refractivity contribution in [1.82, 2.24) is 10.2 Å². The van der Waals surface area contributed by atoms with Crippen LogP contribution in [0.1, 0.15) is 32.8 Å². The van der Waals surface area contributed by atoms with Crippen LogP contribution in [0.25, 0.3) is 0 Å². The molecule has 1 aromatic heterocycles. The number of carbonyl (C=O) groups is 2. The van der Waals surface area contributed by atoms with E-state index >= 15 is 0 Å². The van der Waals surface area contributed by atoms with E-state index in [-0.39, 0.29) is 17.9 Å². The van der Waals surface area contributed by atoms with Gasteiger partial charge in [0.25, 0.3) is 0 Å². The van der Waals surface area contributed by atoms with Gasteiger partial charge in [0.05, 0.1) is 0 Å². The molecule has 1 fully saturated rings. The average Bonchev–Trinajstić information content (AvgIpc) is 2.78. The minimum absolute atomic E-state index is 0.001000. The van der Waals surface area contributed by atoms with E-state index < -0.39 is 5.54 Å². The minimum atomic E-state index is -0.809. The Labute approximate surface area is 117 Å². The van der Waals surface area contributed by atoms with Crippen molar-refractivity contribution in [3.05, 3.63) is 22.4 Å². The fourth-order valence-electron chi connectivity index (χ4n) is 2.40. The van der Waals surface area contributed by atoms with Crippen molar-refractivity contribution in [2.75, 3.05) is 6.54 Å². The van der Waals surface area contributed by atoms with Gasteiger partial charge in [-0.3, -0.25) is 9.59 Å². The molecule has 0 saturated carbocycles. The van der Waals surface area contributed by atoms with Gasteiger partial charge in [-0.2, -0.15) is 11.3 Å². The van der Waals surface area contributed by atoms with Crippen LogP contribution in [-0.4, -0.2) is 34.8 Å². The molecule has 1 unspecified atom stereocenters. The predicted octanol–water partition coefficient (Wildman–Crippen LogP) is 1.81. The van der Waals surface area contributed by atoms with E-state index in [0.717, 1.165) is 6.42 Å². The normalized spacial score (nSPS) is 23.1. The fraction of sp³-hybridized carbons (Fsp3) is 0.571. The molecule has 1 aromatic rings. The number of amides is 2. The maximum atomic E-state index is 12.5. The highest BCUT2D eigenvalue weighted by Crippen LogP contribution is 2.19. The first-order valence-corrected chi connectivity index (χ1v) is 7.47. The van der Waals surface area contributed by atoms with Crippen LogP contribution in [0.15, 0.2) is 16.8 Å². The molecule has 1 atom stereocenters. The average molecular weight is 280 g/mol. The van der Waals surface area contributed by atoms with Crippen LogP contribution >= 0.6 is 11.3 Å². The van der Waals surface area contributed by atoms with Crippen LogP contribution in [0.4, 0.5) is 0 Å². The van der Waals surface area contributed by atoms with Crippen molar-refractivity contribution in [1.29, 1.82) is 0 Å². The number of nitrogens with one attached hydrogen (secondary N) is 1. The third-order valence-corrected chi connectivity index (χ3v) is 4.21. The fourth-order valence-corrected chi connectivity index (χ4v) is 3.10. The number of nitrogens with zero attached hydrogens (tertiary/aromatic N) is 1. The van der Waals surface area contributed by atoms with E-state index in [9.17, 15) is 9.59 Å². The summed E-state index contributed by atoms with van der Waals surface area (Å²) in [5.74, 6) is -0.0510. The van der Waals surface area contributed by atoms with E-state index in [4.69, 9.17) is 0 Å². The zero-order valence-electron chi connectivity index (χ0n) is 11.6. The zero-order chi connectivity index (χ0) is 14.0.